The minimum atomic E-state index is -0.417. The van der Waals surface area contributed by atoms with Gasteiger partial charge in [-0.3, -0.25) is 0 Å². The highest BCUT2D eigenvalue weighted by Gasteiger charge is 2.28. The Balaban J connectivity index is 2.04. The minimum absolute atomic E-state index is 0.0908. The molecule has 6 heteroatoms. The minimum Gasteiger partial charge on any atom is -0.409 e. The van der Waals surface area contributed by atoms with Gasteiger partial charge < -0.3 is 20.9 Å². The molecule has 1 saturated carbocycles. The Labute approximate surface area is 117 Å². The van der Waals surface area contributed by atoms with Crippen molar-refractivity contribution in [3.63, 3.8) is 0 Å². The number of oxime groups is 1. The molecule has 0 spiro atoms. The number of aliphatic hydroxyl groups is 1. The van der Waals surface area contributed by atoms with Crippen LogP contribution in [0.2, 0.25) is 0 Å². The summed E-state index contributed by atoms with van der Waals surface area (Å²) in [5.41, 5.74) is 6.80. The van der Waals surface area contributed by atoms with Gasteiger partial charge in [-0.1, -0.05) is 11.2 Å². The zero-order valence-electron chi connectivity index (χ0n) is 11.5. The van der Waals surface area contributed by atoms with Crippen LogP contribution in [0.4, 0.5) is 4.39 Å². The van der Waals surface area contributed by atoms with Gasteiger partial charge in [0.25, 0.3) is 0 Å². The van der Waals surface area contributed by atoms with E-state index in [1.165, 1.54) is 12.1 Å². The fourth-order valence-corrected chi connectivity index (χ4v) is 2.62. The van der Waals surface area contributed by atoms with E-state index in [1.54, 1.807) is 6.07 Å². The van der Waals surface area contributed by atoms with Crippen LogP contribution in [-0.4, -0.2) is 40.7 Å². The van der Waals surface area contributed by atoms with Gasteiger partial charge in [-0.2, -0.15) is 0 Å². The standard InChI is InChI=1S/C14H20FN3O2/c1-18(7-9-4-12(19)5-9)8-10-2-3-11(15)6-13(10)14(16)17-20/h2-3,6,9,12,19-20H,4-5,7-8H2,1H3,(H2,16,17). The summed E-state index contributed by atoms with van der Waals surface area (Å²) in [4.78, 5) is 2.10. The van der Waals surface area contributed by atoms with E-state index in [-0.39, 0.29) is 11.9 Å². The summed E-state index contributed by atoms with van der Waals surface area (Å²) < 4.78 is 13.3. The van der Waals surface area contributed by atoms with E-state index in [0.29, 0.717) is 18.0 Å². The molecule has 0 aliphatic heterocycles. The van der Waals surface area contributed by atoms with Crippen molar-refractivity contribution in [1.82, 2.24) is 4.90 Å². The molecule has 20 heavy (non-hydrogen) atoms. The van der Waals surface area contributed by atoms with Crippen molar-refractivity contribution < 1.29 is 14.7 Å². The SMILES string of the molecule is CN(Cc1ccc(F)cc1C(N)=NO)CC1CC(O)C1. The Morgan fingerprint density at radius 1 is 1.50 bits per heavy atom. The summed E-state index contributed by atoms with van der Waals surface area (Å²) >= 11 is 0. The topological polar surface area (TPSA) is 82.1 Å². The molecule has 0 radical (unpaired) electrons. The highest BCUT2D eigenvalue weighted by atomic mass is 19.1. The molecule has 0 saturated heterocycles. The highest BCUT2D eigenvalue weighted by Crippen LogP contribution is 2.28. The largest absolute Gasteiger partial charge is 0.409 e. The Kier molecular flexibility index (Phi) is 4.57. The maximum absolute atomic E-state index is 13.3. The normalized spacial score (nSPS) is 22.9. The molecule has 1 aliphatic carbocycles. The number of hydrogen-bond acceptors (Lipinski definition) is 4. The van der Waals surface area contributed by atoms with Crippen molar-refractivity contribution in [2.45, 2.75) is 25.5 Å². The Bertz CT molecular complexity index is 501. The maximum atomic E-state index is 13.3. The first-order chi connectivity index (χ1) is 9.49. The summed E-state index contributed by atoms with van der Waals surface area (Å²) in [5.74, 6) is -0.00478. The third kappa shape index (κ3) is 3.46. The number of aliphatic hydroxyl groups excluding tert-OH is 1. The molecule has 1 aromatic carbocycles. The van der Waals surface area contributed by atoms with Crippen LogP contribution in [0.25, 0.3) is 0 Å². The molecule has 1 aliphatic rings. The Hall–Kier alpha value is -1.66. The van der Waals surface area contributed by atoms with Crippen LogP contribution in [0.15, 0.2) is 23.4 Å². The van der Waals surface area contributed by atoms with Gasteiger partial charge in [-0.25, -0.2) is 4.39 Å². The van der Waals surface area contributed by atoms with Gasteiger partial charge in [0.1, 0.15) is 5.82 Å². The number of benzene rings is 1. The summed E-state index contributed by atoms with van der Waals surface area (Å²) in [7, 11) is 1.96. The lowest BCUT2D eigenvalue weighted by molar-refractivity contribution is 0.0274. The second-order valence-corrected chi connectivity index (χ2v) is 5.47. The molecule has 0 heterocycles. The molecule has 0 unspecified atom stereocenters. The molecule has 0 amide bonds. The first-order valence-electron chi connectivity index (χ1n) is 6.62. The summed E-state index contributed by atoms with van der Waals surface area (Å²) in [6.45, 7) is 1.45. The lowest BCUT2D eigenvalue weighted by atomic mass is 9.82. The third-order valence-electron chi connectivity index (χ3n) is 3.68. The van der Waals surface area contributed by atoms with Crippen molar-refractivity contribution in [2.24, 2.45) is 16.8 Å². The lowest BCUT2D eigenvalue weighted by Gasteiger charge is -2.34. The average Bonchev–Trinajstić information content (AvgIpc) is 2.38. The van der Waals surface area contributed by atoms with Gasteiger partial charge in [0, 0.05) is 18.7 Å². The third-order valence-corrected chi connectivity index (χ3v) is 3.68. The monoisotopic (exact) mass is 281 g/mol. The van der Waals surface area contributed by atoms with Crippen molar-refractivity contribution in [3.05, 3.63) is 35.1 Å². The molecular weight excluding hydrogens is 261 g/mol. The van der Waals surface area contributed by atoms with Crippen molar-refractivity contribution in [2.75, 3.05) is 13.6 Å². The lowest BCUT2D eigenvalue weighted by Crippen LogP contribution is -2.37. The Morgan fingerprint density at radius 2 is 2.20 bits per heavy atom. The van der Waals surface area contributed by atoms with Crippen LogP contribution in [0.1, 0.15) is 24.0 Å². The van der Waals surface area contributed by atoms with Crippen LogP contribution in [-0.2, 0) is 6.54 Å². The van der Waals surface area contributed by atoms with E-state index in [2.05, 4.69) is 10.1 Å². The number of halogens is 1. The maximum Gasteiger partial charge on any atom is 0.170 e. The molecule has 1 aromatic rings. The van der Waals surface area contributed by atoms with Crippen molar-refractivity contribution >= 4 is 5.84 Å². The van der Waals surface area contributed by atoms with Crippen molar-refractivity contribution in [1.29, 1.82) is 0 Å². The fraction of sp³-hybridized carbons (Fsp3) is 0.500. The molecule has 0 atom stereocenters. The molecule has 0 bridgehead atoms. The molecule has 4 N–H and O–H groups in total. The summed E-state index contributed by atoms with van der Waals surface area (Å²) in [6, 6.07) is 4.28. The van der Waals surface area contributed by atoms with E-state index in [0.717, 1.165) is 24.9 Å². The molecule has 0 aromatic heterocycles. The second-order valence-electron chi connectivity index (χ2n) is 5.47. The number of amidine groups is 1. The van der Waals surface area contributed by atoms with E-state index in [9.17, 15) is 9.50 Å². The quantitative estimate of drug-likeness (QED) is 0.327. The molecule has 2 rings (SSSR count). The molecular formula is C14H20FN3O2. The number of nitrogens with zero attached hydrogens (tertiary/aromatic N) is 2. The molecule has 5 nitrogen and oxygen atoms in total. The van der Waals surface area contributed by atoms with Crippen LogP contribution >= 0.6 is 0 Å². The van der Waals surface area contributed by atoms with E-state index in [4.69, 9.17) is 10.9 Å². The van der Waals surface area contributed by atoms with E-state index < -0.39 is 5.82 Å². The number of hydrogen-bond donors (Lipinski definition) is 3. The van der Waals surface area contributed by atoms with Crippen molar-refractivity contribution in [3.8, 4) is 0 Å². The molecule has 1 fully saturated rings. The number of nitrogens with two attached hydrogens (primary N) is 1. The smallest absolute Gasteiger partial charge is 0.170 e. The van der Waals surface area contributed by atoms with Gasteiger partial charge in [0.2, 0.25) is 0 Å². The van der Waals surface area contributed by atoms with E-state index >= 15 is 0 Å². The van der Waals surface area contributed by atoms with Crippen LogP contribution < -0.4 is 5.73 Å². The zero-order chi connectivity index (χ0) is 14.7. The van der Waals surface area contributed by atoms with Crippen LogP contribution in [0.5, 0.6) is 0 Å². The fourth-order valence-electron chi connectivity index (χ4n) is 2.62. The summed E-state index contributed by atoms with van der Waals surface area (Å²) in [6.07, 6.45) is 1.51. The van der Waals surface area contributed by atoms with E-state index in [1.807, 2.05) is 7.05 Å². The average molecular weight is 281 g/mol. The number of rotatable bonds is 5. The first kappa shape index (κ1) is 14.7. The predicted molar refractivity (Wildman–Crippen MR) is 74.0 cm³/mol. The second kappa shape index (κ2) is 6.19. The van der Waals surface area contributed by atoms with Gasteiger partial charge in [-0.15, -0.1) is 0 Å². The predicted octanol–water partition coefficient (Wildman–Crippen LogP) is 1.12. The highest BCUT2D eigenvalue weighted by molar-refractivity contribution is 5.98. The van der Waals surface area contributed by atoms with Gasteiger partial charge in [0.15, 0.2) is 5.84 Å². The zero-order valence-corrected chi connectivity index (χ0v) is 11.5. The van der Waals surface area contributed by atoms with Crippen LogP contribution in [0, 0.1) is 11.7 Å². The Morgan fingerprint density at radius 3 is 2.80 bits per heavy atom. The summed E-state index contributed by atoms with van der Waals surface area (Å²) in [5, 5.41) is 21.0. The molecule has 110 valence electrons. The van der Waals surface area contributed by atoms with Gasteiger partial charge in [-0.05, 0) is 43.5 Å². The van der Waals surface area contributed by atoms with Crippen LogP contribution in [0.3, 0.4) is 0 Å². The van der Waals surface area contributed by atoms with Gasteiger partial charge >= 0.3 is 0 Å². The first-order valence-corrected chi connectivity index (χ1v) is 6.62. The van der Waals surface area contributed by atoms with Gasteiger partial charge in [0.05, 0.1) is 6.10 Å².